The number of methoxy groups -OCH3 is 1. The van der Waals surface area contributed by atoms with E-state index in [9.17, 15) is 9.90 Å². The van der Waals surface area contributed by atoms with Crippen LogP contribution in [0, 0.1) is 28.6 Å². The molecule has 1 saturated heterocycles. The first kappa shape index (κ1) is 17.5. The van der Waals surface area contributed by atoms with Gasteiger partial charge in [-0.3, -0.25) is 4.79 Å². The normalized spacial score (nSPS) is 44.1. The highest BCUT2D eigenvalue weighted by molar-refractivity contribution is 5.79. The minimum Gasteiger partial charge on any atom is -0.468 e. The predicted octanol–water partition coefficient (Wildman–Crippen LogP) is 2.67. The van der Waals surface area contributed by atoms with Crippen LogP contribution >= 0.6 is 0 Å². The van der Waals surface area contributed by atoms with Gasteiger partial charge in [-0.2, -0.15) is 0 Å². The minimum absolute atomic E-state index is 0.0212. The summed E-state index contributed by atoms with van der Waals surface area (Å²) < 4.78 is 17.7. The molecule has 0 aromatic carbocycles. The van der Waals surface area contributed by atoms with Crippen molar-refractivity contribution in [2.45, 2.75) is 58.3 Å². The molecule has 0 aromatic rings. The molecule has 2 saturated carbocycles. The molecular weight excluding hydrogens is 320 g/mol. The molecule has 3 aliphatic carbocycles. The van der Waals surface area contributed by atoms with Gasteiger partial charge in [-0.1, -0.05) is 25.5 Å². The van der Waals surface area contributed by atoms with E-state index < -0.39 is 17.3 Å². The quantitative estimate of drug-likeness (QED) is 0.582. The molecule has 3 fully saturated rings. The summed E-state index contributed by atoms with van der Waals surface area (Å²) in [7, 11) is 1.43. The Kier molecular flexibility index (Phi) is 3.88. The van der Waals surface area contributed by atoms with E-state index in [1.807, 2.05) is 6.92 Å². The molecule has 0 amide bonds. The second-order valence-electron chi connectivity index (χ2n) is 9.43. The van der Waals surface area contributed by atoms with E-state index in [1.54, 1.807) is 0 Å². The maximum atomic E-state index is 12.9. The van der Waals surface area contributed by atoms with Crippen LogP contribution in [0.25, 0.3) is 0 Å². The molecule has 0 aromatic heterocycles. The van der Waals surface area contributed by atoms with Gasteiger partial charge in [0.15, 0.2) is 5.79 Å². The topological polar surface area (TPSA) is 65.0 Å². The highest BCUT2D eigenvalue weighted by atomic mass is 16.7. The molecule has 1 spiro atoms. The fraction of sp³-hybridized carbons (Fsp3) is 0.850. The average Bonchev–Trinajstić information content (AvgIpc) is 2.97. The van der Waals surface area contributed by atoms with E-state index >= 15 is 0 Å². The third-order valence-electron chi connectivity index (χ3n) is 7.07. The van der Waals surface area contributed by atoms with Gasteiger partial charge >= 0.3 is 5.97 Å². The van der Waals surface area contributed by atoms with Gasteiger partial charge in [0.25, 0.3) is 0 Å². The number of aliphatic hydroxyl groups is 1. The third kappa shape index (κ3) is 2.42. The Morgan fingerprint density at radius 1 is 1.24 bits per heavy atom. The van der Waals surface area contributed by atoms with Crippen molar-refractivity contribution in [1.82, 2.24) is 0 Å². The number of aliphatic hydroxyl groups excluding tert-OH is 1. The molecule has 2 bridgehead atoms. The lowest BCUT2D eigenvalue weighted by Gasteiger charge is -2.43. The molecular formula is C20H30O5. The Morgan fingerprint density at radius 3 is 2.56 bits per heavy atom. The summed E-state index contributed by atoms with van der Waals surface area (Å²) in [5.41, 5.74) is 0.329. The SMILES string of the molecule is COC(=O)[C@@]12CC(C)=CC[C@@H](C1O)[C@H]1CC3(C[C@H]12)OCC(C)(C)CO3. The van der Waals surface area contributed by atoms with Gasteiger partial charge in [0, 0.05) is 18.3 Å². The number of ether oxygens (including phenoxy) is 3. The van der Waals surface area contributed by atoms with Crippen molar-refractivity contribution in [3.63, 3.8) is 0 Å². The second kappa shape index (κ2) is 5.54. The standard InChI is InChI=1S/C20H30O5/c1-12-5-6-13-14-8-19(24-10-18(2,3)11-25-19)9-15(14)20(7-12,16(13)21)17(22)23-4/h5,13-16,21H,6-11H2,1-4H3/t13-,14-,15-,16?,20-/m1/s1. The molecule has 0 radical (unpaired) electrons. The molecule has 5 heteroatoms. The van der Waals surface area contributed by atoms with Crippen molar-refractivity contribution in [2.75, 3.05) is 20.3 Å². The highest BCUT2D eigenvalue weighted by Crippen LogP contribution is 2.65. The van der Waals surface area contributed by atoms with Crippen LogP contribution in [0.2, 0.25) is 0 Å². The second-order valence-corrected chi connectivity index (χ2v) is 9.43. The van der Waals surface area contributed by atoms with Gasteiger partial charge in [-0.05, 0) is 37.5 Å². The summed E-state index contributed by atoms with van der Waals surface area (Å²) in [5, 5.41) is 11.1. The summed E-state index contributed by atoms with van der Waals surface area (Å²) in [6.45, 7) is 7.67. The first-order valence-corrected chi connectivity index (χ1v) is 9.43. The van der Waals surface area contributed by atoms with Crippen LogP contribution in [0.15, 0.2) is 11.6 Å². The molecule has 4 aliphatic rings. The van der Waals surface area contributed by atoms with Crippen LogP contribution in [0.4, 0.5) is 0 Å². The van der Waals surface area contributed by atoms with Crippen LogP contribution in [-0.4, -0.2) is 43.3 Å². The van der Waals surface area contributed by atoms with Crippen LogP contribution < -0.4 is 0 Å². The van der Waals surface area contributed by atoms with Crippen molar-refractivity contribution in [3.05, 3.63) is 11.6 Å². The maximum absolute atomic E-state index is 12.9. The Bertz CT molecular complexity index is 599. The number of fused-ring (bicyclic) bond motifs is 5. The Morgan fingerprint density at radius 2 is 1.92 bits per heavy atom. The smallest absolute Gasteiger partial charge is 0.315 e. The van der Waals surface area contributed by atoms with Crippen molar-refractivity contribution in [2.24, 2.45) is 28.6 Å². The maximum Gasteiger partial charge on any atom is 0.315 e. The van der Waals surface area contributed by atoms with Crippen LogP contribution in [0.5, 0.6) is 0 Å². The van der Waals surface area contributed by atoms with Crippen molar-refractivity contribution in [1.29, 1.82) is 0 Å². The monoisotopic (exact) mass is 350 g/mol. The summed E-state index contributed by atoms with van der Waals surface area (Å²) in [5.74, 6) is -0.520. The van der Waals surface area contributed by atoms with Crippen LogP contribution in [-0.2, 0) is 19.0 Å². The fourth-order valence-electron chi connectivity index (χ4n) is 5.84. The lowest BCUT2D eigenvalue weighted by molar-refractivity contribution is -0.300. The summed E-state index contributed by atoms with van der Waals surface area (Å²) in [6, 6.07) is 0. The number of rotatable bonds is 1. The molecule has 1 heterocycles. The zero-order chi connectivity index (χ0) is 18.0. The van der Waals surface area contributed by atoms with Crippen molar-refractivity contribution in [3.8, 4) is 0 Å². The molecule has 25 heavy (non-hydrogen) atoms. The van der Waals surface area contributed by atoms with Crippen molar-refractivity contribution >= 4 is 5.97 Å². The predicted molar refractivity (Wildman–Crippen MR) is 91.6 cm³/mol. The summed E-state index contributed by atoms with van der Waals surface area (Å²) in [4.78, 5) is 12.9. The molecule has 5 atom stereocenters. The van der Waals surface area contributed by atoms with Gasteiger partial charge in [0.05, 0.1) is 26.4 Å². The van der Waals surface area contributed by atoms with Gasteiger partial charge in [0.2, 0.25) is 0 Å². The molecule has 4 rings (SSSR count). The first-order chi connectivity index (χ1) is 11.7. The van der Waals surface area contributed by atoms with Gasteiger partial charge in [-0.15, -0.1) is 0 Å². The third-order valence-corrected chi connectivity index (χ3v) is 7.07. The number of carbonyl (C=O) groups is 1. The number of hydrogen-bond donors (Lipinski definition) is 1. The van der Waals surface area contributed by atoms with Crippen LogP contribution in [0.1, 0.15) is 46.5 Å². The van der Waals surface area contributed by atoms with E-state index in [0.29, 0.717) is 26.1 Å². The van der Waals surface area contributed by atoms with Gasteiger partial charge in [0.1, 0.15) is 5.41 Å². The number of allylic oxidation sites excluding steroid dienone is 2. The average molecular weight is 350 g/mol. The Hall–Kier alpha value is -0.910. The van der Waals surface area contributed by atoms with Crippen LogP contribution in [0.3, 0.4) is 0 Å². The van der Waals surface area contributed by atoms with Crippen molar-refractivity contribution < 1.29 is 24.1 Å². The van der Waals surface area contributed by atoms with Gasteiger partial charge < -0.3 is 19.3 Å². The summed E-state index contributed by atoms with van der Waals surface area (Å²) in [6.07, 6.45) is 4.35. The molecule has 5 nitrogen and oxygen atoms in total. The van der Waals surface area contributed by atoms with E-state index in [0.717, 1.165) is 18.4 Å². The highest BCUT2D eigenvalue weighted by Gasteiger charge is 2.70. The Balaban J connectivity index is 1.69. The largest absolute Gasteiger partial charge is 0.468 e. The lowest BCUT2D eigenvalue weighted by atomic mass is 9.70. The number of hydrogen-bond acceptors (Lipinski definition) is 5. The summed E-state index contributed by atoms with van der Waals surface area (Å²) >= 11 is 0. The molecule has 140 valence electrons. The number of esters is 1. The zero-order valence-electron chi connectivity index (χ0n) is 15.7. The Labute approximate surface area is 149 Å². The first-order valence-electron chi connectivity index (χ1n) is 9.43. The molecule has 1 N–H and O–H groups in total. The lowest BCUT2D eigenvalue weighted by Crippen LogP contribution is -2.50. The van der Waals surface area contributed by atoms with Gasteiger partial charge in [-0.25, -0.2) is 0 Å². The molecule has 1 aliphatic heterocycles. The van der Waals surface area contributed by atoms with E-state index in [4.69, 9.17) is 14.2 Å². The van der Waals surface area contributed by atoms with E-state index in [2.05, 4.69) is 19.9 Å². The van der Waals surface area contributed by atoms with E-state index in [-0.39, 0.29) is 29.1 Å². The molecule has 1 unspecified atom stereocenters. The zero-order valence-corrected chi connectivity index (χ0v) is 15.7. The minimum atomic E-state index is -0.857. The fourth-order valence-corrected chi connectivity index (χ4v) is 5.84. The van der Waals surface area contributed by atoms with E-state index in [1.165, 1.54) is 7.11 Å². The number of carbonyl (C=O) groups excluding carboxylic acids is 1.